The van der Waals surface area contributed by atoms with Crippen LogP contribution in [0.1, 0.15) is 52.4 Å². The molecule has 1 aliphatic heterocycles. The van der Waals surface area contributed by atoms with E-state index >= 15 is 0 Å². The number of carboxylic acids is 1. The molecule has 0 bridgehead atoms. The first-order valence-corrected chi connectivity index (χ1v) is 7.22. The molecule has 2 atom stereocenters. The summed E-state index contributed by atoms with van der Waals surface area (Å²) >= 11 is 0. The topological polar surface area (TPSA) is 66.6 Å². The van der Waals surface area contributed by atoms with Gasteiger partial charge in [-0.25, -0.2) is 0 Å². The average molecular weight is 256 g/mol. The van der Waals surface area contributed by atoms with Crippen LogP contribution in [0.2, 0.25) is 0 Å². The minimum atomic E-state index is -1.03. The van der Waals surface area contributed by atoms with Crippen LogP contribution in [0.4, 0.5) is 0 Å². The highest BCUT2D eigenvalue weighted by Crippen LogP contribution is 2.19. The lowest BCUT2D eigenvalue weighted by atomic mass is 9.92. The standard InChI is InChI=1S/C14H28N2O2/c1-3-14(15,13(17)18)8-5-10-16-9-4-6-12(2)7-11-16/h12H,3-11,15H2,1-2H3,(H,17,18). The number of rotatable bonds is 6. The Morgan fingerprint density at radius 3 is 2.78 bits per heavy atom. The van der Waals surface area contributed by atoms with Gasteiger partial charge in [-0.15, -0.1) is 0 Å². The van der Waals surface area contributed by atoms with Gasteiger partial charge in [0.15, 0.2) is 0 Å². The van der Waals surface area contributed by atoms with E-state index in [0.29, 0.717) is 12.8 Å². The number of nitrogens with two attached hydrogens (primary N) is 1. The lowest BCUT2D eigenvalue weighted by molar-refractivity contribution is -0.143. The Balaban J connectivity index is 2.30. The molecule has 0 saturated carbocycles. The normalized spacial score (nSPS) is 25.4. The van der Waals surface area contributed by atoms with Gasteiger partial charge >= 0.3 is 5.97 Å². The van der Waals surface area contributed by atoms with Gasteiger partial charge in [0.1, 0.15) is 5.54 Å². The van der Waals surface area contributed by atoms with Crippen molar-refractivity contribution in [3.05, 3.63) is 0 Å². The maximum atomic E-state index is 11.1. The Labute approximate surface area is 111 Å². The molecule has 1 fully saturated rings. The lowest BCUT2D eigenvalue weighted by Gasteiger charge is -2.25. The second-order valence-corrected chi connectivity index (χ2v) is 5.80. The first kappa shape index (κ1) is 15.4. The number of likely N-dealkylation sites (tertiary alicyclic amines) is 1. The predicted molar refractivity (Wildman–Crippen MR) is 73.5 cm³/mol. The SMILES string of the molecule is CCC(N)(CCCN1CCCC(C)CC1)C(=O)O. The minimum Gasteiger partial charge on any atom is -0.480 e. The fourth-order valence-corrected chi connectivity index (χ4v) is 2.60. The molecule has 2 unspecified atom stereocenters. The van der Waals surface area contributed by atoms with Crippen LogP contribution >= 0.6 is 0 Å². The lowest BCUT2D eigenvalue weighted by Crippen LogP contribution is -2.47. The van der Waals surface area contributed by atoms with Crippen LogP contribution in [-0.2, 0) is 4.79 Å². The molecule has 0 amide bonds. The molecule has 4 nitrogen and oxygen atoms in total. The second kappa shape index (κ2) is 7.10. The van der Waals surface area contributed by atoms with Gasteiger partial charge in [0.2, 0.25) is 0 Å². The molecule has 1 rings (SSSR count). The van der Waals surface area contributed by atoms with E-state index in [1.165, 1.54) is 19.3 Å². The Morgan fingerprint density at radius 2 is 2.17 bits per heavy atom. The van der Waals surface area contributed by atoms with Crippen molar-refractivity contribution in [3.8, 4) is 0 Å². The van der Waals surface area contributed by atoms with Gasteiger partial charge in [-0.3, -0.25) is 4.79 Å². The van der Waals surface area contributed by atoms with Gasteiger partial charge in [0, 0.05) is 0 Å². The van der Waals surface area contributed by atoms with E-state index in [2.05, 4.69) is 11.8 Å². The molecule has 0 spiro atoms. The highest BCUT2D eigenvalue weighted by atomic mass is 16.4. The summed E-state index contributed by atoms with van der Waals surface area (Å²) in [5.41, 5.74) is 4.86. The van der Waals surface area contributed by atoms with Crippen molar-refractivity contribution in [2.75, 3.05) is 19.6 Å². The first-order chi connectivity index (χ1) is 8.48. The summed E-state index contributed by atoms with van der Waals surface area (Å²) in [5, 5.41) is 9.11. The molecule has 1 saturated heterocycles. The summed E-state index contributed by atoms with van der Waals surface area (Å²) in [7, 11) is 0. The van der Waals surface area contributed by atoms with E-state index in [9.17, 15) is 4.79 Å². The van der Waals surface area contributed by atoms with Crippen LogP contribution in [0.3, 0.4) is 0 Å². The summed E-state index contributed by atoms with van der Waals surface area (Å²) in [6.07, 6.45) is 5.80. The van der Waals surface area contributed by atoms with E-state index < -0.39 is 11.5 Å². The molecule has 0 aromatic rings. The van der Waals surface area contributed by atoms with E-state index in [1.54, 1.807) is 0 Å². The van der Waals surface area contributed by atoms with Gasteiger partial charge < -0.3 is 15.7 Å². The number of nitrogens with zero attached hydrogens (tertiary/aromatic N) is 1. The highest BCUT2D eigenvalue weighted by molar-refractivity contribution is 5.78. The Bertz CT molecular complexity index is 271. The van der Waals surface area contributed by atoms with Crippen molar-refractivity contribution in [1.29, 1.82) is 0 Å². The van der Waals surface area contributed by atoms with Gasteiger partial charge in [0.25, 0.3) is 0 Å². The minimum absolute atomic E-state index is 0.499. The van der Waals surface area contributed by atoms with Crippen molar-refractivity contribution in [3.63, 3.8) is 0 Å². The number of aliphatic carboxylic acids is 1. The summed E-state index contributed by atoms with van der Waals surface area (Å²) in [4.78, 5) is 13.6. The van der Waals surface area contributed by atoms with Gasteiger partial charge in [0.05, 0.1) is 0 Å². The molecule has 18 heavy (non-hydrogen) atoms. The van der Waals surface area contributed by atoms with Crippen molar-refractivity contribution >= 4 is 5.97 Å². The van der Waals surface area contributed by atoms with Gasteiger partial charge in [-0.2, -0.15) is 0 Å². The monoisotopic (exact) mass is 256 g/mol. The molecule has 1 heterocycles. The van der Waals surface area contributed by atoms with Crippen LogP contribution in [-0.4, -0.2) is 41.1 Å². The van der Waals surface area contributed by atoms with E-state index in [-0.39, 0.29) is 0 Å². The van der Waals surface area contributed by atoms with Crippen LogP contribution < -0.4 is 5.73 Å². The molecule has 0 aromatic carbocycles. The van der Waals surface area contributed by atoms with Gasteiger partial charge in [-0.05, 0) is 64.1 Å². The first-order valence-electron chi connectivity index (χ1n) is 7.22. The smallest absolute Gasteiger partial charge is 0.323 e. The number of carbonyl (C=O) groups is 1. The molecule has 0 aliphatic carbocycles. The predicted octanol–water partition coefficient (Wildman–Crippen LogP) is 2.08. The molecule has 0 radical (unpaired) electrons. The van der Waals surface area contributed by atoms with Crippen molar-refractivity contribution < 1.29 is 9.90 Å². The molecule has 4 heteroatoms. The fourth-order valence-electron chi connectivity index (χ4n) is 2.60. The maximum absolute atomic E-state index is 11.1. The number of hydrogen-bond donors (Lipinski definition) is 2. The third-order valence-corrected chi connectivity index (χ3v) is 4.26. The number of carboxylic acid groups (broad SMARTS) is 1. The van der Waals surface area contributed by atoms with Crippen molar-refractivity contribution in [2.45, 2.75) is 57.9 Å². The third-order valence-electron chi connectivity index (χ3n) is 4.26. The van der Waals surface area contributed by atoms with Crippen LogP contribution in [0, 0.1) is 5.92 Å². The molecular weight excluding hydrogens is 228 g/mol. The molecule has 106 valence electrons. The Kier molecular flexibility index (Phi) is 6.09. The maximum Gasteiger partial charge on any atom is 0.323 e. The molecular formula is C14H28N2O2. The van der Waals surface area contributed by atoms with Crippen LogP contribution in [0.25, 0.3) is 0 Å². The second-order valence-electron chi connectivity index (χ2n) is 5.80. The van der Waals surface area contributed by atoms with Crippen LogP contribution in [0.5, 0.6) is 0 Å². The van der Waals surface area contributed by atoms with Crippen molar-refractivity contribution in [2.24, 2.45) is 11.7 Å². The van der Waals surface area contributed by atoms with Crippen LogP contribution in [0.15, 0.2) is 0 Å². The summed E-state index contributed by atoms with van der Waals surface area (Å²) in [6.45, 7) is 7.45. The molecule has 3 N–H and O–H groups in total. The van der Waals surface area contributed by atoms with Gasteiger partial charge in [-0.1, -0.05) is 13.8 Å². The molecule has 1 aliphatic rings. The summed E-state index contributed by atoms with van der Waals surface area (Å²) in [5.74, 6) is -0.0345. The number of hydrogen-bond acceptors (Lipinski definition) is 3. The largest absolute Gasteiger partial charge is 0.480 e. The highest BCUT2D eigenvalue weighted by Gasteiger charge is 2.31. The zero-order valence-electron chi connectivity index (χ0n) is 11.8. The van der Waals surface area contributed by atoms with E-state index in [0.717, 1.165) is 32.0 Å². The average Bonchev–Trinajstić information content (AvgIpc) is 2.54. The van der Waals surface area contributed by atoms with E-state index in [1.807, 2.05) is 6.92 Å². The Hall–Kier alpha value is -0.610. The third kappa shape index (κ3) is 4.58. The van der Waals surface area contributed by atoms with Crippen molar-refractivity contribution in [1.82, 2.24) is 4.90 Å². The van der Waals surface area contributed by atoms with E-state index in [4.69, 9.17) is 10.8 Å². The fraction of sp³-hybridized carbons (Fsp3) is 0.929. The summed E-state index contributed by atoms with van der Waals surface area (Å²) < 4.78 is 0. The quantitative estimate of drug-likeness (QED) is 0.763. The zero-order chi connectivity index (χ0) is 13.6. The summed E-state index contributed by atoms with van der Waals surface area (Å²) in [6, 6.07) is 0. The zero-order valence-corrected chi connectivity index (χ0v) is 11.8. The molecule has 0 aromatic heterocycles. The Morgan fingerprint density at radius 1 is 1.44 bits per heavy atom.